The van der Waals surface area contributed by atoms with E-state index in [0.717, 1.165) is 37.1 Å². The fraction of sp³-hybridized carbons (Fsp3) is 0.478. The number of halogens is 2. The number of benzene rings is 1. The molecule has 2 aliphatic rings. The number of hydrogen-bond acceptors (Lipinski definition) is 4. The van der Waals surface area contributed by atoms with E-state index in [1.54, 1.807) is 37.6 Å². The number of nitrogens with zero attached hydrogens (tertiary/aromatic N) is 3. The van der Waals surface area contributed by atoms with Gasteiger partial charge in [0.05, 0.1) is 6.20 Å². The zero-order valence-electron chi connectivity index (χ0n) is 17.9. The molecule has 4 rings (SSSR count). The van der Waals surface area contributed by atoms with Gasteiger partial charge in [0, 0.05) is 45.0 Å². The van der Waals surface area contributed by atoms with Crippen LogP contribution in [0.4, 0.5) is 4.39 Å². The number of aliphatic imine (C=N–C) groups is 1. The maximum absolute atomic E-state index is 14.4. The normalized spacial score (nSPS) is 19.8. The average molecular weight is 539 g/mol. The van der Waals surface area contributed by atoms with Crippen molar-refractivity contribution in [2.75, 3.05) is 20.1 Å². The molecule has 1 aromatic carbocycles. The molecular weight excluding hydrogens is 508 g/mol. The Morgan fingerprint density at radius 1 is 1.26 bits per heavy atom. The van der Waals surface area contributed by atoms with Gasteiger partial charge in [0.25, 0.3) is 0 Å². The summed E-state index contributed by atoms with van der Waals surface area (Å²) in [5.41, 5.74) is 0.827. The number of guanidine groups is 1. The summed E-state index contributed by atoms with van der Waals surface area (Å²) in [5.74, 6) is 1.05. The van der Waals surface area contributed by atoms with Crippen LogP contribution in [0.15, 0.2) is 47.7 Å². The topological polar surface area (TPSA) is 61.8 Å². The molecule has 0 radical (unpaired) electrons. The lowest BCUT2D eigenvalue weighted by atomic mass is 10.2. The molecule has 168 valence electrons. The summed E-state index contributed by atoms with van der Waals surface area (Å²) >= 11 is 0. The van der Waals surface area contributed by atoms with Gasteiger partial charge in [-0.2, -0.15) is 0 Å². The number of aromatic nitrogens is 1. The predicted octanol–water partition coefficient (Wildman–Crippen LogP) is 4.31. The van der Waals surface area contributed by atoms with Crippen molar-refractivity contribution in [3.8, 4) is 11.5 Å². The third-order valence-corrected chi connectivity index (χ3v) is 5.94. The Morgan fingerprint density at radius 2 is 2.10 bits per heavy atom. The average Bonchev–Trinajstić information content (AvgIpc) is 3.45. The first-order valence-corrected chi connectivity index (χ1v) is 10.8. The van der Waals surface area contributed by atoms with E-state index in [-0.39, 0.29) is 29.7 Å². The molecule has 2 fully saturated rings. The molecule has 0 bridgehead atoms. The summed E-state index contributed by atoms with van der Waals surface area (Å²) in [6.45, 7) is 2.71. The van der Waals surface area contributed by atoms with Gasteiger partial charge in [0.2, 0.25) is 0 Å². The van der Waals surface area contributed by atoms with Gasteiger partial charge in [0.1, 0.15) is 5.75 Å². The van der Waals surface area contributed by atoms with Gasteiger partial charge < -0.3 is 15.4 Å². The molecule has 1 aliphatic carbocycles. The van der Waals surface area contributed by atoms with Crippen LogP contribution in [0.5, 0.6) is 11.5 Å². The zero-order valence-corrected chi connectivity index (χ0v) is 20.2. The van der Waals surface area contributed by atoms with E-state index < -0.39 is 5.82 Å². The second-order valence-corrected chi connectivity index (χ2v) is 8.04. The highest BCUT2D eigenvalue weighted by Crippen LogP contribution is 2.27. The van der Waals surface area contributed by atoms with Crippen LogP contribution in [-0.4, -0.2) is 48.1 Å². The summed E-state index contributed by atoms with van der Waals surface area (Å²) in [4.78, 5) is 10.9. The van der Waals surface area contributed by atoms with Crippen LogP contribution in [0.1, 0.15) is 37.7 Å². The van der Waals surface area contributed by atoms with Crippen molar-refractivity contribution in [1.29, 1.82) is 0 Å². The Hall–Kier alpha value is -1.94. The van der Waals surface area contributed by atoms with Crippen LogP contribution in [0.25, 0.3) is 0 Å². The number of hydrogen-bond donors (Lipinski definition) is 2. The van der Waals surface area contributed by atoms with Crippen LogP contribution < -0.4 is 15.4 Å². The first-order valence-electron chi connectivity index (χ1n) is 10.8. The van der Waals surface area contributed by atoms with Gasteiger partial charge in [0.15, 0.2) is 17.5 Å². The minimum Gasteiger partial charge on any atom is -0.453 e. The van der Waals surface area contributed by atoms with Crippen LogP contribution in [0.3, 0.4) is 0 Å². The summed E-state index contributed by atoms with van der Waals surface area (Å²) < 4.78 is 20.0. The number of likely N-dealkylation sites (tertiary alicyclic amines) is 1. The maximum atomic E-state index is 14.4. The van der Waals surface area contributed by atoms with Gasteiger partial charge >= 0.3 is 0 Å². The number of rotatable bonds is 6. The Kier molecular flexibility index (Phi) is 8.89. The monoisotopic (exact) mass is 539 g/mol. The summed E-state index contributed by atoms with van der Waals surface area (Å²) in [6.07, 6.45) is 9.75. The Balaban J connectivity index is 0.00000272. The minimum absolute atomic E-state index is 0. The van der Waals surface area contributed by atoms with Crippen molar-refractivity contribution in [3.05, 3.63) is 54.1 Å². The standard InChI is InChI=1S/C23H30FN5O.HI/c1-25-23(28-18-10-12-29(16-18)19-5-2-3-6-19)27-14-17-8-9-22(21(24)13-17)30-20-7-4-11-26-15-20;/h4,7-9,11,13,15,18-19H,2-3,5-6,10,12,14,16H2,1H3,(H2,25,27,28);1H. The fourth-order valence-corrected chi connectivity index (χ4v) is 4.35. The van der Waals surface area contributed by atoms with Crippen molar-refractivity contribution < 1.29 is 9.13 Å². The number of pyridine rings is 1. The van der Waals surface area contributed by atoms with Crippen molar-refractivity contribution in [3.63, 3.8) is 0 Å². The number of nitrogens with one attached hydrogen (secondary N) is 2. The molecule has 1 unspecified atom stereocenters. The van der Waals surface area contributed by atoms with Gasteiger partial charge in [-0.3, -0.25) is 14.9 Å². The predicted molar refractivity (Wildman–Crippen MR) is 132 cm³/mol. The second-order valence-electron chi connectivity index (χ2n) is 8.04. The lowest BCUT2D eigenvalue weighted by Gasteiger charge is -2.24. The van der Waals surface area contributed by atoms with Crippen molar-refractivity contribution in [2.24, 2.45) is 4.99 Å². The summed E-state index contributed by atoms with van der Waals surface area (Å²) in [7, 11) is 1.77. The molecule has 2 N–H and O–H groups in total. The van der Waals surface area contributed by atoms with Crippen molar-refractivity contribution in [2.45, 2.75) is 50.7 Å². The molecule has 1 aliphatic heterocycles. The molecule has 0 spiro atoms. The van der Waals surface area contributed by atoms with Gasteiger partial charge in [-0.05, 0) is 49.1 Å². The zero-order chi connectivity index (χ0) is 20.8. The lowest BCUT2D eigenvalue weighted by Crippen LogP contribution is -2.45. The quantitative estimate of drug-likeness (QED) is 0.326. The first kappa shape index (κ1) is 23.7. The van der Waals surface area contributed by atoms with Crippen LogP contribution in [0, 0.1) is 5.82 Å². The van der Waals surface area contributed by atoms with E-state index in [4.69, 9.17) is 4.74 Å². The molecule has 2 heterocycles. The molecule has 1 atom stereocenters. The third kappa shape index (κ3) is 6.52. The first-order chi connectivity index (χ1) is 14.7. The van der Waals surface area contributed by atoms with Gasteiger partial charge in [-0.15, -0.1) is 24.0 Å². The number of ether oxygens (including phenoxy) is 1. The summed E-state index contributed by atoms with van der Waals surface area (Å²) in [6, 6.07) is 9.66. The Labute approximate surface area is 200 Å². The third-order valence-electron chi connectivity index (χ3n) is 5.94. The molecule has 2 aromatic rings. The molecule has 1 saturated heterocycles. The van der Waals surface area contributed by atoms with E-state index in [9.17, 15) is 4.39 Å². The molecule has 1 saturated carbocycles. The van der Waals surface area contributed by atoms with Gasteiger partial charge in [-0.1, -0.05) is 18.9 Å². The molecule has 1 aromatic heterocycles. The summed E-state index contributed by atoms with van der Waals surface area (Å²) in [5, 5.41) is 6.82. The molecule has 0 amide bonds. The van der Waals surface area contributed by atoms with E-state index in [1.807, 2.05) is 6.07 Å². The molecule has 8 heteroatoms. The molecular formula is C23H31FIN5O. The highest BCUT2D eigenvalue weighted by molar-refractivity contribution is 14.0. The van der Waals surface area contributed by atoms with E-state index in [0.29, 0.717) is 18.3 Å². The van der Waals surface area contributed by atoms with Crippen LogP contribution in [-0.2, 0) is 6.54 Å². The highest BCUT2D eigenvalue weighted by Gasteiger charge is 2.30. The van der Waals surface area contributed by atoms with Crippen LogP contribution >= 0.6 is 24.0 Å². The van der Waals surface area contributed by atoms with Crippen molar-refractivity contribution >= 4 is 29.9 Å². The van der Waals surface area contributed by atoms with E-state index >= 15 is 0 Å². The Morgan fingerprint density at radius 3 is 2.81 bits per heavy atom. The molecule has 6 nitrogen and oxygen atoms in total. The van der Waals surface area contributed by atoms with Gasteiger partial charge in [-0.25, -0.2) is 4.39 Å². The minimum atomic E-state index is -0.399. The highest BCUT2D eigenvalue weighted by atomic mass is 127. The smallest absolute Gasteiger partial charge is 0.191 e. The SMILES string of the molecule is CN=C(NCc1ccc(Oc2cccnc2)c(F)c1)NC1CCN(C2CCCC2)C1.I. The van der Waals surface area contributed by atoms with Crippen molar-refractivity contribution in [1.82, 2.24) is 20.5 Å². The maximum Gasteiger partial charge on any atom is 0.191 e. The largest absolute Gasteiger partial charge is 0.453 e. The fourth-order valence-electron chi connectivity index (χ4n) is 4.35. The van der Waals surface area contributed by atoms with E-state index in [2.05, 4.69) is 25.5 Å². The molecule has 31 heavy (non-hydrogen) atoms. The lowest BCUT2D eigenvalue weighted by molar-refractivity contribution is 0.242. The second kappa shape index (κ2) is 11.6. The Bertz CT molecular complexity index is 860. The van der Waals surface area contributed by atoms with Crippen LogP contribution in [0.2, 0.25) is 0 Å². The van der Waals surface area contributed by atoms with E-state index in [1.165, 1.54) is 31.7 Å².